The fourth-order valence-electron chi connectivity index (χ4n) is 2.97. The first-order chi connectivity index (χ1) is 10.6. The van der Waals surface area contributed by atoms with Gasteiger partial charge in [0.1, 0.15) is 5.82 Å². The largest absolute Gasteiger partial charge is 0.323 e. The lowest BCUT2D eigenvalue weighted by atomic mass is 10.0. The summed E-state index contributed by atoms with van der Waals surface area (Å²) in [5.74, 6) is -0.579. The van der Waals surface area contributed by atoms with Crippen LogP contribution in [0.1, 0.15) is 5.56 Å². The molecule has 2 aliphatic heterocycles. The number of thioether (sulfide) groups is 1. The highest BCUT2D eigenvalue weighted by atomic mass is 32.2. The minimum Gasteiger partial charge on any atom is -0.323 e. The molecule has 0 aromatic heterocycles. The van der Waals surface area contributed by atoms with Gasteiger partial charge in [0.15, 0.2) is 0 Å². The molecular weight excluding hydrogens is 303 g/mol. The Bertz CT molecular complexity index is 793. The summed E-state index contributed by atoms with van der Waals surface area (Å²) in [5, 5.41) is 2.83. The molecule has 2 aromatic carbocycles. The summed E-state index contributed by atoms with van der Waals surface area (Å²) < 4.78 is 13.2. The summed E-state index contributed by atoms with van der Waals surface area (Å²) in [5.41, 5.74) is 1.99. The predicted octanol–water partition coefficient (Wildman–Crippen LogP) is 2.71. The lowest BCUT2D eigenvalue weighted by molar-refractivity contribution is -0.122. The van der Waals surface area contributed by atoms with Crippen LogP contribution in [0, 0.1) is 5.82 Å². The van der Waals surface area contributed by atoms with Gasteiger partial charge in [-0.3, -0.25) is 14.5 Å². The van der Waals surface area contributed by atoms with E-state index in [2.05, 4.69) is 5.32 Å². The van der Waals surface area contributed by atoms with Crippen LogP contribution in [0.2, 0.25) is 0 Å². The molecule has 0 radical (unpaired) electrons. The molecular formula is C16H11FN2O2S. The maximum atomic E-state index is 13.2. The molecule has 2 amide bonds. The van der Waals surface area contributed by atoms with Crippen molar-refractivity contribution in [3.05, 3.63) is 59.9 Å². The first-order valence-corrected chi connectivity index (χ1v) is 7.75. The predicted molar refractivity (Wildman–Crippen MR) is 83.1 cm³/mol. The number of carbonyl (C=O) groups is 2. The van der Waals surface area contributed by atoms with Gasteiger partial charge in [-0.1, -0.05) is 18.2 Å². The monoisotopic (exact) mass is 314 g/mol. The van der Waals surface area contributed by atoms with E-state index < -0.39 is 4.87 Å². The smallest absolute Gasteiger partial charge is 0.266 e. The Balaban J connectivity index is 1.92. The quantitative estimate of drug-likeness (QED) is 0.880. The first kappa shape index (κ1) is 13.3. The number of para-hydroxylation sites is 1. The number of amides is 2. The van der Waals surface area contributed by atoms with Crippen molar-refractivity contribution in [1.29, 1.82) is 0 Å². The Labute approximate surface area is 130 Å². The van der Waals surface area contributed by atoms with Crippen molar-refractivity contribution in [2.24, 2.45) is 0 Å². The number of rotatable bonds is 1. The molecule has 0 saturated carbocycles. The van der Waals surface area contributed by atoms with E-state index in [9.17, 15) is 14.0 Å². The molecule has 2 heterocycles. The summed E-state index contributed by atoms with van der Waals surface area (Å²) in [7, 11) is 0. The number of anilines is 2. The number of carbonyl (C=O) groups excluding carboxylic acids is 2. The summed E-state index contributed by atoms with van der Waals surface area (Å²) >= 11 is 1.29. The van der Waals surface area contributed by atoms with Gasteiger partial charge in [-0.2, -0.15) is 0 Å². The molecule has 2 aromatic rings. The summed E-state index contributed by atoms with van der Waals surface area (Å²) in [6, 6.07) is 13.0. The third kappa shape index (κ3) is 1.64. The second-order valence-electron chi connectivity index (χ2n) is 5.14. The van der Waals surface area contributed by atoms with Crippen LogP contribution in [0.5, 0.6) is 0 Å². The summed E-state index contributed by atoms with van der Waals surface area (Å²) in [6.07, 6.45) is 0. The van der Waals surface area contributed by atoms with Crippen LogP contribution < -0.4 is 10.2 Å². The van der Waals surface area contributed by atoms with Crippen LogP contribution in [0.25, 0.3) is 0 Å². The van der Waals surface area contributed by atoms with E-state index in [4.69, 9.17) is 0 Å². The molecule has 6 heteroatoms. The summed E-state index contributed by atoms with van der Waals surface area (Å²) in [6.45, 7) is 0. The average molecular weight is 314 g/mol. The molecule has 110 valence electrons. The zero-order valence-corrected chi connectivity index (χ0v) is 12.2. The molecule has 4 nitrogen and oxygen atoms in total. The van der Waals surface area contributed by atoms with E-state index in [0.29, 0.717) is 11.4 Å². The molecule has 1 saturated heterocycles. The number of hydrogen-bond donors (Lipinski definition) is 1. The van der Waals surface area contributed by atoms with Crippen molar-refractivity contribution in [1.82, 2.24) is 0 Å². The first-order valence-electron chi connectivity index (χ1n) is 6.76. The van der Waals surface area contributed by atoms with E-state index in [1.165, 1.54) is 40.9 Å². The van der Waals surface area contributed by atoms with Crippen molar-refractivity contribution in [3.8, 4) is 0 Å². The second kappa shape index (κ2) is 4.58. The number of fused-ring (bicyclic) bond motifs is 2. The average Bonchev–Trinajstić information content (AvgIpc) is 3.00. The van der Waals surface area contributed by atoms with E-state index in [-0.39, 0.29) is 23.4 Å². The standard InChI is InChI=1S/C16H11FN2O2S/c17-10-5-7-11(8-6-10)19-14(20)9-22-16(19)12-3-1-2-4-13(12)18-15(16)21/h1-8H,9H2,(H,18,21). The Hall–Kier alpha value is -2.34. The molecule has 0 aliphatic carbocycles. The van der Waals surface area contributed by atoms with Gasteiger partial charge in [0.2, 0.25) is 10.8 Å². The highest BCUT2D eigenvalue weighted by Gasteiger charge is 2.58. The molecule has 1 fully saturated rings. The fourth-order valence-corrected chi connectivity index (χ4v) is 4.28. The number of hydrogen-bond acceptors (Lipinski definition) is 3. The Morgan fingerprint density at radius 1 is 1.09 bits per heavy atom. The topological polar surface area (TPSA) is 49.4 Å². The van der Waals surface area contributed by atoms with E-state index in [1.54, 1.807) is 0 Å². The number of halogens is 1. The van der Waals surface area contributed by atoms with Crippen LogP contribution >= 0.6 is 11.8 Å². The van der Waals surface area contributed by atoms with Crippen molar-refractivity contribution in [3.63, 3.8) is 0 Å². The van der Waals surface area contributed by atoms with Gasteiger partial charge >= 0.3 is 0 Å². The molecule has 4 rings (SSSR count). The third-order valence-electron chi connectivity index (χ3n) is 3.90. The Morgan fingerprint density at radius 3 is 2.59 bits per heavy atom. The van der Waals surface area contributed by atoms with Gasteiger partial charge in [-0.05, 0) is 30.3 Å². The van der Waals surface area contributed by atoms with E-state index >= 15 is 0 Å². The minimum atomic E-state index is -1.11. The van der Waals surface area contributed by atoms with Crippen molar-refractivity contribution in [2.45, 2.75) is 4.87 Å². The third-order valence-corrected chi connectivity index (χ3v) is 5.30. The van der Waals surface area contributed by atoms with Crippen molar-refractivity contribution >= 4 is 35.0 Å². The van der Waals surface area contributed by atoms with Gasteiger partial charge in [0.25, 0.3) is 5.91 Å². The molecule has 22 heavy (non-hydrogen) atoms. The number of nitrogens with zero attached hydrogens (tertiary/aromatic N) is 1. The highest BCUT2D eigenvalue weighted by Crippen LogP contribution is 2.53. The molecule has 1 spiro atoms. The lowest BCUT2D eigenvalue weighted by Crippen LogP contribution is -2.47. The molecule has 1 unspecified atom stereocenters. The van der Waals surface area contributed by atoms with Gasteiger partial charge in [-0.25, -0.2) is 4.39 Å². The lowest BCUT2D eigenvalue weighted by Gasteiger charge is -2.32. The maximum absolute atomic E-state index is 13.2. The molecule has 0 bridgehead atoms. The van der Waals surface area contributed by atoms with Gasteiger partial charge in [0.05, 0.1) is 5.75 Å². The normalized spacial score (nSPS) is 23.0. The summed E-state index contributed by atoms with van der Waals surface area (Å²) in [4.78, 5) is 25.4. The van der Waals surface area contributed by atoms with Crippen LogP contribution in [0.3, 0.4) is 0 Å². The molecule has 1 N–H and O–H groups in total. The maximum Gasteiger partial charge on any atom is 0.266 e. The van der Waals surface area contributed by atoms with E-state index in [1.807, 2.05) is 24.3 Å². The fraction of sp³-hybridized carbons (Fsp3) is 0.125. The van der Waals surface area contributed by atoms with Gasteiger partial charge < -0.3 is 5.32 Å². The second-order valence-corrected chi connectivity index (χ2v) is 6.31. The number of benzene rings is 2. The zero-order valence-electron chi connectivity index (χ0n) is 11.4. The minimum absolute atomic E-state index is 0.163. The van der Waals surface area contributed by atoms with Crippen molar-refractivity contribution in [2.75, 3.05) is 16.0 Å². The van der Waals surface area contributed by atoms with Crippen LogP contribution in [-0.2, 0) is 14.5 Å². The van der Waals surface area contributed by atoms with Crippen LogP contribution in [-0.4, -0.2) is 17.6 Å². The number of nitrogens with one attached hydrogen (secondary N) is 1. The van der Waals surface area contributed by atoms with Gasteiger partial charge in [-0.15, -0.1) is 11.8 Å². The van der Waals surface area contributed by atoms with Crippen LogP contribution in [0.4, 0.5) is 15.8 Å². The van der Waals surface area contributed by atoms with Crippen LogP contribution in [0.15, 0.2) is 48.5 Å². The Morgan fingerprint density at radius 2 is 1.82 bits per heavy atom. The highest BCUT2D eigenvalue weighted by molar-refractivity contribution is 8.02. The SMILES string of the molecule is O=C1CSC2(C(=O)Nc3ccccc32)N1c1ccc(F)cc1. The van der Waals surface area contributed by atoms with Gasteiger partial charge in [0, 0.05) is 16.9 Å². The molecule has 1 atom stereocenters. The zero-order chi connectivity index (χ0) is 15.3. The Kier molecular flexibility index (Phi) is 2.77. The van der Waals surface area contributed by atoms with Crippen molar-refractivity contribution < 1.29 is 14.0 Å². The molecule has 2 aliphatic rings. The van der Waals surface area contributed by atoms with E-state index in [0.717, 1.165) is 5.56 Å².